The summed E-state index contributed by atoms with van der Waals surface area (Å²) in [6, 6.07) is -0.412. The smallest absolute Gasteiger partial charge is 0.242 e. The second-order valence-corrected chi connectivity index (χ2v) is 7.29. The lowest BCUT2D eigenvalue weighted by atomic mass is 10.0. The van der Waals surface area contributed by atoms with E-state index in [4.69, 9.17) is 0 Å². The number of aromatic nitrogens is 3. The highest BCUT2D eigenvalue weighted by atomic mass is 16.2. The fraction of sp³-hybridized carbons (Fsp3) is 0.778. The van der Waals surface area contributed by atoms with Crippen molar-refractivity contribution in [2.75, 3.05) is 19.6 Å². The highest BCUT2D eigenvalue weighted by molar-refractivity contribution is 5.90. The molecule has 0 spiro atoms. The summed E-state index contributed by atoms with van der Waals surface area (Å²) in [6.45, 7) is 8.86. The van der Waals surface area contributed by atoms with E-state index in [-0.39, 0.29) is 11.8 Å². The number of rotatable bonds is 7. The standard InChI is InChI=1S/C18H30N6O2/c1-3-13(4-2)12-23-8-7-15-21-22-16(24(15)10-9-23)11-19-18(26)14-5-6-17(25)20-14/h13-14H,3-12H2,1-2H3,(H,19,26)(H,20,25). The second kappa shape index (κ2) is 8.62. The molecule has 2 aliphatic heterocycles. The molecule has 2 aliphatic rings. The molecule has 3 rings (SSSR count). The van der Waals surface area contributed by atoms with E-state index in [1.54, 1.807) is 0 Å². The van der Waals surface area contributed by atoms with Crippen LogP contribution in [0.5, 0.6) is 0 Å². The summed E-state index contributed by atoms with van der Waals surface area (Å²) in [7, 11) is 0. The van der Waals surface area contributed by atoms with Crippen LogP contribution < -0.4 is 10.6 Å². The lowest BCUT2D eigenvalue weighted by Crippen LogP contribution is -2.41. The normalized spacial score (nSPS) is 20.7. The number of amides is 2. The molecule has 1 aromatic heterocycles. The van der Waals surface area contributed by atoms with Crippen LogP contribution in [0.4, 0.5) is 0 Å². The third-order valence-corrected chi connectivity index (χ3v) is 5.60. The van der Waals surface area contributed by atoms with E-state index in [2.05, 4.69) is 44.1 Å². The van der Waals surface area contributed by atoms with Gasteiger partial charge in [-0.15, -0.1) is 10.2 Å². The summed E-state index contributed by atoms with van der Waals surface area (Å²) in [5.74, 6) is 2.34. The summed E-state index contributed by atoms with van der Waals surface area (Å²) in [4.78, 5) is 25.9. The summed E-state index contributed by atoms with van der Waals surface area (Å²) < 4.78 is 2.14. The van der Waals surface area contributed by atoms with E-state index in [0.717, 1.165) is 50.2 Å². The fourth-order valence-corrected chi connectivity index (χ4v) is 3.75. The molecule has 26 heavy (non-hydrogen) atoms. The van der Waals surface area contributed by atoms with Gasteiger partial charge in [-0.2, -0.15) is 0 Å². The van der Waals surface area contributed by atoms with Gasteiger partial charge in [-0.3, -0.25) is 9.59 Å². The topological polar surface area (TPSA) is 92.2 Å². The van der Waals surface area contributed by atoms with Gasteiger partial charge in [-0.1, -0.05) is 26.7 Å². The molecule has 1 fully saturated rings. The highest BCUT2D eigenvalue weighted by Crippen LogP contribution is 2.14. The van der Waals surface area contributed by atoms with Crippen molar-refractivity contribution in [3.8, 4) is 0 Å². The van der Waals surface area contributed by atoms with Crippen molar-refractivity contribution >= 4 is 11.8 Å². The van der Waals surface area contributed by atoms with Crippen LogP contribution in [-0.2, 0) is 29.1 Å². The Kier molecular flexibility index (Phi) is 6.24. The molecule has 1 aromatic rings. The Hall–Kier alpha value is -1.96. The summed E-state index contributed by atoms with van der Waals surface area (Å²) in [6.07, 6.45) is 4.31. The summed E-state index contributed by atoms with van der Waals surface area (Å²) >= 11 is 0. The molecule has 2 N–H and O–H groups in total. The minimum absolute atomic E-state index is 0.0564. The average molecular weight is 362 g/mol. The molecule has 0 radical (unpaired) electrons. The summed E-state index contributed by atoms with van der Waals surface area (Å²) in [5.41, 5.74) is 0. The Labute approximate surface area is 154 Å². The van der Waals surface area contributed by atoms with Gasteiger partial charge in [0.25, 0.3) is 0 Å². The van der Waals surface area contributed by atoms with E-state index < -0.39 is 6.04 Å². The van der Waals surface area contributed by atoms with E-state index >= 15 is 0 Å². The minimum Gasteiger partial charge on any atom is -0.347 e. The fourth-order valence-electron chi connectivity index (χ4n) is 3.75. The van der Waals surface area contributed by atoms with Crippen molar-refractivity contribution in [1.29, 1.82) is 0 Å². The van der Waals surface area contributed by atoms with Crippen molar-refractivity contribution in [3.05, 3.63) is 11.6 Å². The quantitative estimate of drug-likeness (QED) is 0.735. The van der Waals surface area contributed by atoms with Crippen LogP contribution in [0.2, 0.25) is 0 Å². The van der Waals surface area contributed by atoms with Gasteiger partial charge >= 0.3 is 0 Å². The lowest BCUT2D eigenvalue weighted by molar-refractivity contribution is -0.125. The molecule has 0 aliphatic carbocycles. The Bertz CT molecular complexity index is 640. The van der Waals surface area contributed by atoms with Crippen molar-refractivity contribution in [1.82, 2.24) is 30.3 Å². The van der Waals surface area contributed by atoms with Crippen LogP contribution >= 0.6 is 0 Å². The van der Waals surface area contributed by atoms with Crippen molar-refractivity contribution in [2.45, 2.75) is 65.1 Å². The second-order valence-electron chi connectivity index (χ2n) is 7.29. The average Bonchev–Trinajstić information content (AvgIpc) is 3.20. The largest absolute Gasteiger partial charge is 0.347 e. The first kappa shape index (κ1) is 18.8. The van der Waals surface area contributed by atoms with Crippen molar-refractivity contribution in [3.63, 3.8) is 0 Å². The molecule has 8 nitrogen and oxygen atoms in total. The molecule has 8 heteroatoms. The van der Waals surface area contributed by atoms with E-state index in [1.807, 2.05) is 0 Å². The van der Waals surface area contributed by atoms with Crippen LogP contribution in [0.1, 0.15) is 51.2 Å². The molecule has 144 valence electrons. The molecule has 1 atom stereocenters. The van der Waals surface area contributed by atoms with E-state index in [9.17, 15) is 9.59 Å². The van der Waals surface area contributed by atoms with Crippen LogP contribution in [0.25, 0.3) is 0 Å². The molecular weight excluding hydrogens is 332 g/mol. The number of nitrogens with one attached hydrogen (secondary N) is 2. The monoisotopic (exact) mass is 362 g/mol. The molecule has 0 aromatic carbocycles. The van der Waals surface area contributed by atoms with Crippen LogP contribution in [-0.4, -0.2) is 57.2 Å². The zero-order valence-electron chi connectivity index (χ0n) is 15.8. The van der Waals surface area contributed by atoms with E-state index in [1.165, 1.54) is 12.8 Å². The van der Waals surface area contributed by atoms with Gasteiger partial charge in [-0.05, 0) is 12.3 Å². The van der Waals surface area contributed by atoms with Gasteiger partial charge in [0.05, 0.1) is 6.54 Å². The Morgan fingerprint density at radius 2 is 2.04 bits per heavy atom. The van der Waals surface area contributed by atoms with Gasteiger partial charge in [-0.25, -0.2) is 0 Å². The molecule has 0 saturated carbocycles. The minimum atomic E-state index is -0.412. The first-order valence-corrected chi connectivity index (χ1v) is 9.81. The Balaban J connectivity index is 1.54. The predicted octanol–water partition coefficient (Wildman–Crippen LogP) is 0.467. The molecule has 0 bridgehead atoms. The third kappa shape index (κ3) is 4.41. The molecule has 2 amide bonds. The van der Waals surface area contributed by atoms with Gasteiger partial charge < -0.3 is 20.1 Å². The predicted molar refractivity (Wildman–Crippen MR) is 97.2 cm³/mol. The summed E-state index contributed by atoms with van der Waals surface area (Å²) in [5, 5.41) is 14.2. The molecule has 1 unspecified atom stereocenters. The number of hydrogen-bond donors (Lipinski definition) is 2. The number of carbonyl (C=O) groups is 2. The Morgan fingerprint density at radius 1 is 1.23 bits per heavy atom. The number of fused-ring (bicyclic) bond motifs is 1. The number of nitrogens with zero attached hydrogens (tertiary/aromatic N) is 4. The molecule has 3 heterocycles. The number of carbonyl (C=O) groups excluding carboxylic acids is 2. The van der Waals surface area contributed by atoms with Gasteiger partial charge in [0.2, 0.25) is 11.8 Å². The maximum absolute atomic E-state index is 12.2. The molecular formula is C18H30N6O2. The Morgan fingerprint density at radius 3 is 2.73 bits per heavy atom. The van der Waals surface area contributed by atoms with Gasteiger partial charge in [0, 0.05) is 39.0 Å². The number of hydrogen-bond acceptors (Lipinski definition) is 5. The first-order chi connectivity index (χ1) is 12.6. The van der Waals surface area contributed by atoms with Crippen molar-refractivity contribution in [2.24, 2.45) is 5.92 Å². The molecule has 1 saturated heterocycles. The van der Waals surface area contributed by atoms with Crippen LogP contribution in [0, 0.1) is 5.92 Å². The zero-order valence-corrected chi connectivity index (χ0v) is 15.8. The van der Waals surface area contributed by atoms with Crippen molar-refractivity contribution < 1.29 is 9.59 Å². The third-order valence-electron chi connectivity index (χ3n) is 5.60. The van der Waals surface area contributed by atoms with Crippen LogP contribution in [0.15, 0.2) is 0 Å². The highest BCUT2D eigenvalue weighted by Gasteiger charge is 2.27. The zero-order chi connectivity index (χ0) is 18.5. The SMILES string of the molecule is CCC(CC)CN1CCc2nnc(CNC(=O)C3CCC(=O)N3)n2CC1. The first-order valence-electron chi connectivity index (χ1n) is 9.81. The van der Waals surface area contributed by atoms with Crippen LogP contribution in [0.3, 0.4) is 0 Å². The maximum Gasteiger partial charge on any atom is 0.242 e. The van der Waals surface area contributed by atoms with Gasteiger partial charge in [0.15, 0.2) is 5.82 Å². The van der Waals surface area contributed by atoms with E-state index in [0.29, 0.717) is 19.4 Å². The lowest BCUT2D eigenvalue weighted by Gasteiger charge is -2.24. The maximum atomic E-state index is 12.2. The van der Waals surface area contributed by atoms with Gasteiger partial charge in [0.1, 0.15) is 11.9 Å².